The van der Waals surface area contributed by atoms with E-state index in [2.05, 4.69) is 0 Å². The molecule has 13 heteroatoms. The minimum absolute atomic E-state index is 0. The van der Waals surface area contributed by atoms with Gasteiger partial charge in [-0.1, -0.05) is 0 Å². The molecule has 0 aliphatic rings. The monoisotopic (exact) mass is 366 g/mol. The van der Waals surface area contributed by atoms with Crippen LogP contribution in [0, 0.1) is 0 Å². The largest absolute Gasteiger partial charge is 2.00 e. The zero-order valence-electron chi connectivity index (χ0n) is 7.71. The van der Waals surface area contributed by atoms with Crippen molar-refractivity contribution in [3.05, 3.63) is 0 Å². The van der Waals surface area contributed by atoms with Crippen LogP contribution in [0.2, 0.25) is 0 Å². The molecular weight excluding hydrogens is 361 g/mol. The van der Waals surface area contributed by atoms with Crippen LogP contribution < -0.4 is 19.6 Å². The maximum atomic E-state index is 9.95. The van der Waals surface area contributed by atoms with Crippen molar-refractivity contribution in [2.75, 3.05) is 0 Å². The van der Waals surface area contributed by atoms with Crippen LogP contribution >= 0.6 is 15.2 Å². The quantitative estimate of drug-likeness (QED) is 0.369. The van der Waals surface area contributed by atoms with Crippen LogP contribution in [0.5, 0.6) is 0 Å². The predicted octanol–water partition coefficient (Wildman–Crippen LogP) is -5.17. The molecule has 0 heterocycles. The van der Waals surface area contributed by atoms with E-state index in [1.807, 2.05) is 0 Å². The summed E-state index contributed by atoms with van der Waals surface area (Å²) >= 11 is 0. The molecule has 0 aliphatic heterocycles. The van der Waals surface area contributed by atoms with E-state index < -0.39 is 20.3 Å². The van der Waals surface area contributed by atoms with Gasteiger partial charge in [-0.15, -0.1) is 0 Å². The standard InChI is InChI=1S/C2H8O7P2.2H2O.2Zn/c1-2(3,10(4,5)6)11(7,8)9;;;;/h3H,1H3,(H2,4,5,6)(H2,7,8,9);2*1H2;;/q;;;2*+2/p-4. The molecule has 0 unspecified atom stereocenters. The third kappa shape index (κ3) is 7.37. The Morgan fingerprint density at radius 3 is 1.07 bits per heavy atom. The van der Waals surface area contributed by atoms with Crippen LogP contribution in [-0.2, 0) is 48.1 Å². The van der Waals surface area contributed by atoms with Gasteiger partial charge in [0.15, 0.2) is 0 Å². The fraction of sp³-hybridized carbons (Fsp3) is 1.00. The van der Waals surface area contributed by atoms with Gasteiger partial charge in [-0.05, 0) is 22.1 Å². The van der Waals surface area contributed by atoms with Crippen molar-refractivity contribution in [1.29, 1.82) is 0 Å². The first kappa shape index (κ1) is 29.9. The fourth-order valence-electron chi connectivity index (χ4n) is 0.150. The van der Waals surface area contributed by atoms with E-state index in [0.717, 1.165) is 0 Å². The average Bonchev–Trinajstić information content (AvgIpc) is 1.58. The molecule has 0 aromatic carbocycles. The van der Waals surface area contributed by atoms with Gasteiger partial charge in [-0.3, -0.25) is 0 Å². The minimum atomic E-state index is -5.82. The Morgan fingerprint density at radius 2 is 1.07 bits per heavy atom. The summed E-state index contributed by atoms with van der Waals surface area (Å²) in [5.41, 5.74) is 0. The summed E-state index contributed by atoms with van der Waals surface area (Å²) in [4.78, 5) is 39.8. The van der Waals surface area contributed by atoms with E-state index in [-0.39, 0.29) is 56.8 Å². The van der Waals surface area contributed by atoms with Crippen molar-refractivity contribution >= 4 is 15.2 Å². The third-order valence-corrected chi connectivity index (χ3v) is 4.58. The molecule has 0 fully saturated rings. The van der Waals surface area contributed by atoms with Crippen LogP contribution in [0.15, 0.2) is 0 Å². The molecule has 84 valence electrons. The Morgan fingerprint density at radius 1 is 0.933 bits per heavy atom. The Kier molecular flexibility index (Phi) is 17.0. The van der Waals surface area contributed by atoms with Gasteiger partial charge < -0.3 is 44.8 Å². The summed E-state index contributed by atoms with van der Waals surface area (Å²) in [6, 6.07) is 0. The average molecular weight is 369 g/mol. The van der Waals surface area contributed by atoms with Crippen molar-refractivity contribution in [2.45, 2.75) is 12.0 Å². The van der Waals surface area contributed by atoms with Crippen LogP contribution in [0.25, 0.3) is 0 Å². The Hall–Kier alpha value is 1.43. The topological polar surface area (TPSA) is 210 Å². The molecule has 0 aromatic heterocycles. The molecule has 9 nitrogen and oxygen atoms in total. The van der Waals surface area contributed by atoms with Gasteiger partial charge in [0, 0.05) is 0 Å². The molecule has 0 radical (unpaired) electrons. The second kappa shape index (κ2) is 8.51. The molecule has 0 aromatic rings. The first-order chi connectivity index (χ1) is 4.50. The molecule has 5 N–H and O–H groups in total. The number of hydrogen-bond donors (Lipinski definition) is 1. The predicted molar refractivity (Wildman–Crippen MR) is 33.1 cm³/mol. The number of rotatable bonds is 2. The fourth-order valence-corrected chi connectivity index (χ4v) is 1.35. The van der Waals surface area contributed by atoms with Crippen molar-refractivity contribution < 1.29 is 83.7 Å². The first-order valence-corrected chi connectivity index (χ1v) is 5.35. The van der Waals surface area contributed by atoms with Gasteiger partial charge in [0.2, 0.25) is 0 Å². The summed E-state index contributed by atoms with van der Waals surface area (Å²) in [5, 5.41) is 4.68. The summed E-state index contributed by atoms with van der Waals surface area (Å²) in [7, 11) is -11.6. The van der Waals surface area contributed by atoms with E-state index in [4.69, 9.17) is 5.11 Å². The minimum Gasteiger partial charge on any atom is -0.808 e. The molecule has 0 aliphatic carbocycles. The maximum Gasteiger partial charge on any atom is 2.00 e. The van der Waals surface area contributed by atoms with Crippen molar-refractivity contribution in [1.82, 2.24) is 0 Å². The SMILES string of the molecule is CC(O)(P(=O)([O-])[O-])P(=O)([O-])[O-].O.O.[Zn+2].[Zn+2]. The molecule has 15 heavy (non-hydrogen) atoms. The summed E-state index contributed by atoms with van der Waals surface area (Å²) in [6.07, 6.45) is 0. The third-order valence-electron chi connectivity index (χ3n) is 1.04. The molecule has 0 rings (SSSR count). The Bertz CT molecular complexity index is 216. The van der Waals surface area contributed by atoms with Gasteiger partial charge in [0.1, 0.15) is 5.08 Å². The zero-order chi connectivity index (χ0) is 9.50. The summed E-state index contributed by atoms with van der Waals surface area (Å²) in [6.45, 7) is 0.133. The zero-order valence-corrected chi connectivity index (χ0v) is 15.4. The van der Waals surface area contributed by atoms with Crippen LogP contribution in [0.4, 0.5) is 0 Å². The Labute approximate surface area is 111 Å². The van der Waals surface area contributed by atoms with Crippen molar-refractivity contribution in [2.24, 2.45) is 0 Å². The molecule has 0 bridgehead atoms. The normalized spacial score (nSPS) is 11.1. The summed E-state index contributed by atoms with van der Waals surface area (Å²) in [5.74, 6) is 0. The van der Waals surface area contributed by atoms with Gasteiger partial charge in [0.25, 0.3) is 0 Å². The van der Waals surface area contributed by atoms with Gasteiger partial charge >= 0.3 is 39.0 Å². The van der Waals surface area contributed by atoms with E-state index >= 15 is 0 Å². The second-order valence-electron chi connectivity index (χ2n) is 1.97. The first-order valence-electron chi connectivity index (χ1n) is 2.27. The number of hydrogen-bond acceptors (Lipinski definition) is 7. The second-order valence-corrected chi connectivity index (χ2v) is 6.05. The van der Waals surface area contributed by atoms with E-state index in [1.165, 1.54) is 0 Å². The number of aliphatic hydroxyl groups is 1. The molecule has 0 spiro atoms. The Balaban J connectivity index is -0.0000000833. The molecule has 0 atom stereocenters. The molecule has 0 amide bonds. The van der Waals surface area contributed by atoms with Crippen LogP contribution in [-0.4, -0.2) is 21.1 Å². The maximum absolute atomic E-state index is 9.95. The summed E-state index contributed by atoms with van der Waals surface area (Å²) < 4.78 is 19.9. The van der Waals surface area contributed by atoms with Crippen molar-refractivity contribution in [3.63, 3.8) is 0 Å². The van der Waals surface area contributed by atoms with Crippen LogP contribution in [0.1, 0.15) is 6.92 Å². The van der Waals surface area contributed by atoms with Gasteiger partial charge in [-0.2, -0.15) is 0 Å². The van der Waals surface area contributed by atoms with E-state index in [0.29, 0.717) is 0 Å². The smallest absolute Gasteiger partial charge is 0.808 e. The van der Waals surface area contributed by atoms with Crippen LogP contribution in [0.3, 0.4) is 0 Å². The van der Waals surface area contributed by atoms with Gasteiger partial charge in [0.05, 0.1) is 0 Å². The van der Waals surface area contributed by atoms with Crippen molar-refractivity contribution in [3.8, 4) is 0 Å². The van der Waals surface area contributed by atoms with Gasteiger partial charge in [-0.25, -0.2) is 0 Å². The molecule has 0 saturated heterocycles. The molecular formula is C2H8O9P2Zn2. The van der Waals surface area contributed by atoms with E-state index in [9.17, 15) is 28.7 Å². The van der Waals surface area contributed by atoms with E-state index in [1.54, 1.807) is 0 Å². The molecule has 0 saturated carbocycles.